The van der Waals surface area contributed by atoms with E-state index in [1.165, 1.54) is 102 Å². The Morgan fingerprint density at radius 1 is 0.587 bits per heavy atom. The molecular formula is C38H71NO6S. The molecule has 270 valence electrons. The van der Waals surface area contributed by atoms with E-state index in [-0.39, 0.29) is 6.42 Å². The molecule has 46 heavy (non-hydrogen) atoms. The van der Waals surface area contributed by atoms with Crippen LogP contribution in [0.15, 0.2) is 36.5 Å². The molecule has 0 saturated carbocycles. The van der Waals surface area contributed by atoms with Crippen LogP contribution in [0.5, 0.6) is 0 Å². The molecule has 0 aromatic carbocycles. The van der Waals surface area contributed by atoms with E-state index < -0.39 is 40.0 Å². The van der Waals surface area contributed by atoms with Crippen molar-refractivity contribution in [3.8, 4) is 0 Å². The van der Waals surface area contributed by atoms with Gasteiger partial charge in [0.25, 0.3) is 10.1 Å². The maximum Gasteiger partial charge on any atom is 0.267 e. The molecule has 1 amide bonds. The van der Waals surface area contributed by atoms with Gasteiger partial charge in [-0.3, -0.25) is 9.35 Å². The highest BCUT2D eigenvalue weighted by atomic mass is 32.2. The summed E-state index contributed by atoms with van der Waals surface area (Å²) in [7, 11) is -4.45. The molecule has 0 aliphatic rings. The molecule has 0 fully saturated rings. The van der Waals surface area contributed by atoms with Crippen LogP contribution in [0.25, 0.3) is 0 Å². The van der Waals surface area contributed by atoms with Gasteiger partial charge in [0.2, 0.25) is 5.91 Å². The summed E-state index contributed by atoms with van der Waals surface area (Å²) in [5.41, 5.74) is 0. The Bertz CT molecular complexity index is 886. The summed E-state index contributed by atoms with van der Waals surface area (Å²) in [5.74, 6) is -1.57. The van der Waals surface area contributed by atoms with Crippen molar-refractivity contribution in [2.45, 2.75) is 193 Å². The highest BCUT2D eigenvalue weighted by molar-refractivity contribution is 7.85. The molecule has 3 atom stereocenters. The van der Waals surface area contributed by atoms with E-state index in [2.05, 4.69) is 43.5 Å². The quantitative estimate of drug-likeness (QED) is 0.0313. The van der Waals surface area contributed by atoms with Crippen molar-refractivity contribution in [2.75, 3.05) is 5.75 Å². The van der Waals surface area contributed by atoms with Gasteiger partial charge >= 0.3 is 0 Å². The van der Waals surface area contributed by atoms with Gasteiger partial charge in [0, 0.05) is 0 Å². The third kappa shape index (κ3) is 31.1. The van der Waals surface area contributed by atoms with Crippen molar-refractivity contribution >= 4 is 16.0 Å². The first-order chi connectivity index (χ1) is 22.2. The summed E-state index contributed by atoms with van der Waals surface area (Å²) in [4.78, 5) is 12.5. The summed E-state index contributed by atoms with van der Waals surface area (Å²) in [6, 6.07) is -1.25. The fourth-order valence-electron chi connectivity index (χ4n) is 5.46. The van der Waals surface area contributed by atoms with Crippen LogP contribution < -0.4 is 5.32 Å². The van der Waals surface area contributed by atoms with Crippen LogP contribution in [0.1, 0.15) is 174 Å². The van der Waals surface area contributed by atoms with Crippen molar-refractivity contribution in [3.05, 3.63) is 36.5 Å². The molecule has 0 aliphatic heterocycles. The Kier molecular flexibility index (Phi) is 31.1. The number of allylic oxidation sites excluding steroid dienone is 5. The number of nitrogens with one attached hydrogen (secondary N) is 1. The topological polar surface area (TPSA) is 124 Å². The summed E-state index contributed by atoms with van der Waals surface area (Å²) in [6.45, 7) is 4.47. The molecule has 0 bridgehead atoms. The molecule has 0 saturated heterocycles. The number of rotatable bonds is 33. The average molecular weight is 670 g/mol. The number of hydrogen-bond donors (Lipinski definition) is 4. The van der Waals surface area contributed by atoms with Crippen LogP contribution in [0, 0.1) is 0 Å². The lowest BCUT2D eigenvalue weighted by molar-refractivity contribution is -0.130. The van der Waals surface area contributed by atoms with Gasteiger partial charge in [0.05, 0.1) is 17.9 Å². The van der Waals surface area contributed by atoms with Gasteiger partial charge in [-0.05, 0) is 57.8 Å². The van der Waals surface area contributed by atoms with Gasteiger partial charge in [0.15, 0.2) is 0 Å². The molecule has 7 nitrogen and oxygen atoms in total. The van der Waals surface area contributed by atoms with Crippen molar-refractivity contribution in [1.29, 1.82) is 0 Å². The van der Waals surface area contributed by atoms with Crippen LogP contribution in [-0.4, -0.2) is 53.1 Å². The molecule has 3 unspecified atom stereocenters. The summed E-state index contributed by atoms with van der Waals surface area (Å²) >= 11 is 0. The van der Waals surface area contributed by atoms with Crippen molar-refractivity contribution in [3.63, 3.8) is 0 Å². The number of aliphatic hydroxyl groups is 2. The molecular weight excluding hydrogens is 598 g/mol. The van der Waals surface area contributed by atoms with Crippen LogP contribution in [0.4, 0.5) is 0 Å². The summed E-state index contributed by atoms with van der Waals surface area (Å²) in [6.07, 6.45) is 37.7. The molecule has 4 N–H and O–H groups in total. The van der Waals surface area contributed by atoms with Crippen LogP contribution >= 0.6 is 0 Å². The third-order valence-electron chi connectivity index (χ3n) is 8.40. The first-order valence-electron chi connectivity index (χ1n) is 18.8. The fraction of sp³-hybridized carbons (Fsp3) is 0.816. The minimum absolute atomic E-state index is 0.260. The SMILES string of the molecule is CCCCCCCC/C=C/CC/C=C/C(O)C(CS(=O)(=O)O)NC(=O)C(O)CCCCCC/C=C\CCCCCCCCCCC. The predicted molar refractivity (Wildman–Crippen MR) is 195 cm³/mol. The molecule has 0 aliphatic carbocycles. The van der Waals surface area contributed by atoms with Crippen molar-refractivity contribution in [2.24, 2.45) is 0 Å². The monoisotopic (exact) mass is 670 g/mol. The Hall–Kier alpha value is -1.48. The van der Waals surface area contributed by atoms with Gasteiger partial charge in [-0.15, -0.1) is 0 Å². The second kappa shape index (κ2) is 32.1. The number of amides is 1. The largest absolute Gasteiger partial charge is 0.387 e. The lowest BCUT2D eigenvalue weighted by Crippen LogP contribution is -2.50. The second-order valence-corrected chi connectivity index (χ2v) is 14.5. The normalized spacial score (nSPS) is 14.5. The van der Waals surface area contributed by atoms with Crippen LogP contribution in [0.2, 0.25) is 0 Å². The van der Waals surface area contributed by atoms with E-state index in [1.54, 1.807) is 6.08 Å². The van der Waals surface area contributed by atoms with E-state index in [0.29, 0.717) is 12.8 Å². The number of aliphatic hydroxyl groups excluding tert-OH is 2. The van der Waals surface area contributed by atoms with Crippen molar-refractivity contribution < 1.29 is 28.0 Å². The minimum atomic E-state index is -4.45. The second-order valence-electron chi connectivity index (χ2n) is 13.0. The highest BCUT2D eigenvalue weighted by Gasteiger charge is 2.27. The Labute approximate surface area is 283 Å². The van der Waals surface area contributed by atoms with Crippen LogP contribution in [0.3, 0.4) is 0 Å². The molecule has 0 spiro atoms. The lowest BCUT2D eigenvalue weighted by atomic mass is 10.1. The molecule has 0 heterocycles. The zero-order valence-corrected chi connectivity index (χ0v) is 30.4. The van der Waals surface area contributed by atoms with E-state index in [9.17, 15) is 28.0 Å². The number of carbonyl (C=O) groups excluding carboxylic acids is 1. The predicted octanol–water partition coefficient (Wildman–Crippen LogP) is 9.54. The smallest absolute Gasteiger partial charge is 0.267 e. The number of unbranched alkanes of at least 4 members (excludes halogenated alkanes) is 20. The standard InChI is InChI=1S/C38H71NO6S/c1-3-5-7-9-11-13-15-17-18-19-20-21-23-25-27-29-31-33-37(41)38(42)39-35(34-46(43,44)45)36(40)32-30-28-26-24-22-16-14-12-10-8-6-4-2/h20-22,24,30,32,35-37,40-41H,3-19,23,25-29,31,33-34H2,1-2H3,(H,39,42)(H,43,44,45)/b21-20-,24-22+,32-30+. The Balaban J connectivity index is 4.14. The third-order valence-corrected chi connectivity index (χ3v) is 9.18. The van der Waals surface area contributed by atoms with Gasteiger partial charge in [-0.2, -0.15) is 8.42 Å². The molecule has 0 rings (SSSR count). The fourth-order valence-corrected chi connectivity index (χ4v) is 6.20. The Morgan fingerprint density at radius 2 is 0.978 bits per heavy atom. The Morgan fingerprint density at radius 3 is 1.43 bits per heavy atom. The first-order valence-corrected chi connectivity index (χ1v) is 20.4. The maximum atomic E-state index is 12.5. The molecule has 0 aromatic rings. The van der Waals surface area contributed by atoms with Gasteiger partial charge in [-0.1, -0.05) is 153 Å². The van der Waals surface area contributed by atoms with Gasteiger partial charge in [-0.25, -0.2) is 0 Å². The molecule has 0 radical (unpaired) electrons. The van der Waals surface area contributed by atoms with Gasteiger partial charge in [0.1, 0.15) is 6.10 Å². The lowest BCUT2D eigenvalue weighted by Gasteiger charge is -2.22. The zero-order valence-electron chi connectivity index (χ0n) is 29.6. The van der Waals surface area contributed by atoms with E-state index in [4.69, 9.17) is 0 Å². The van der Waals surface area contributed by atoms with Gasteiger partial charge < -0.3 is 15.5 Å². The minimum Gasteiger partial charge on any atom is -0.387 e. The summed E-state index contributed by atoms with van der Waals surface area (Å²) < 4.78 is 32.4. The molecule has 8 heteroatoms. The number of carbonyl (C=O) groups is 1. The molecule has 0 aromatic heterocycles. The average Bonchev–Trinajstić information content (AvgIpc) is 3.01. The van der Waals surface area contributed by atoms with Crippen LogP contribution in [-0.2, 0) is 14.9 Å². The van der Waals surface area contributed by atoms with Crippen molar-refractivity contribution in [1.82, 2.24) is 5.32 Å². The summed E-state index contributed by atoms with van der Waals surface area (Å²) in [5, 5.41) is 23.3. The maximum absolute atomic E-state index is 12.5. The van der Waals surface area contributed by atoms with E-state index in [1.807, 2.05) is 0 Å². The zero-order chi connectivity index (χ0) is 34.1. The van der Waals surface area contributed by atoms with E-state index in [0.717, 1.165) is 44.9 Å². The highest BCUT2D eigenvalue weighted by Crippen LogP contribution is 2.13. The number of hydrogen-bond acceptors (Lipinski definition) is 5. The first kappa shape index (κ1) is 44.5. The van der Waals surface area contributed by atoms with E-state index >= 15 is 0 Å².